The number of hydrogen-bond acceptors (Lipinski definition) is 6. The Morgan fingerprint density at radius 1 is 1.06 bits per heavy atom. The number of carbonyl (C=O) groups is 3. The standard InChI is InChI=1S/C24H30N4O5/c1-15(2)12-25-23(30)24(31)28-26-13-18-9-10-20(21(11-18)32-5)33-14-22(29)27-19-8-6-7-16(3)17(19)4/h6-11,13,15H,12,14H2,1-5H3,(H,25,30)(H,27,29)(H,28,31)/b26-13-. The van der Waals surface area contributed by atoms with Crippen molar-refractivity contribution in [3.05, 3.63) is 53.1 Å². The van der Waals surface area contributed by atoms with Crippen LogP contribution in [0.15, 0.2) is 41.5 Å². The minimum absolute atomic E-state index is 0.196. The molecule has 2 rings (SSSR count). The SMILES string of the molecule is COc1cc(/C=N\NC(=O)C(=O)NCC(C)C)ccc1OCC(=O)Nc1cccc(C)c1C. The van der Waals surface area contributed by atoms with Gasteiger partial charge in [-0.2, -0.15) is 5.10 Å². The van der Waals surface area contributed by atoms with E-state index in [1.165, 1.54) is 13.3 Å². The molecule has 3 amide bonds. The maximum Gasteiger partial charge on any atom is 0.329 e. The van der Waals surface area contributed by atoms with Crippen LogP contribution in [0.2, 0.25) is 0 Å². The zero-order valence-electron chi connectivity index (χ0n) is 19.5. The van der Waals surface area contributed by atoms with Gasteiger partial charge in [-0.1, -0.05) is 26.0 Å². The second-order valence-corrected chi connectivity index (χ2v) is 7.80. The zero-order chi connectivity index (χ0) is 24.4. The van der Waals surface area contributed by atoms with Gasteiger partial charge in [0.2, 0.25) is 0 Å². The highest BCUT2D eigenvalue weighted by Crippen LogP contribution is 2.27. The van der Waals surface area contributed by atoms with Crippen molar-refractivity contribution >= 4 is 29.6 Å². The van der Waals surface area contributed by atoms with Gasteiger partial charge in [0.05, 0.1) is 13.3 Å². The van der Waals surface area contributed by atoms with Crippen molar-refractivity contribution in [1.29, 1.82) is 0 Å². The molecule has 0 aliphatic carbocycles. The number of carbonyl (C=O) groups excluding carboxylic acids is 3. The smallest absolute Gasteiger partial charge is 0.329 e. The quantitative estimate of drug-likeness (QED) is 0.306. The van der Waals surface area contributed by atoms with Gasteiger partial charge in [-0.15, -0.1) is 0 Å². The van der Waals surface area contributed by atoms with Crippen molar-refractivity contribution in [2.45, 2.75) is 27.7 Å². The molecule has 0 aliphatic rings. The van der Waals surface area contributed by atoms with E-state index in [9.17, 15) is 14.4 Å². The van der Waals surface area contributed by atoms with Gasteiger partial charge in [-0.05, 0) is 60.7 Å². The third-order valence-corrected chi connectivity index (χ3v) is 4.68. The lowest BCUT2D eigenvalue weighted by Gasteiger charge is -2.13. The van der Waals surface area contributed by atoms with Crippen LogP contribution in [0.1, 0.15) is 30.5 Å². The van der Waals surface area contributed by atoms with Gasteiger partial charge in [0.25, 0.3) is 5.91 Å². The molecule has 2 aromatic carbocycles. The van der Waals surface area contributed by atoms with Crippen LogP contribution in [0.4, 0.5) is 5.69 Å². The maximum atomic E-state index is 12.3. The van der Waals surface area contributed by atoms with E-state index in [2.05, 4.69) is 21.2 Å². The van der Waals surface area contributed by atoms with Crippen LogP contribution in [0, 0.1) is 19.8 Å². The summed E-state index contributed by atoms with van der Waals surface area (Å²) in [6, 6.07) is 10.6. The largest absolute Gasteiger partial charge is 0.493 e. The second-order valence-electron chi connectivity index (χ2n) is 7.80. The van der Waals surface area contributed by atoms with Crippen LogP contribution in [0.5, 0.6) is 11.5 Å². The van der Waals surface area contributed by atoms with E-state index in [1.807, 2.05) is 45.9 Å². The molecule has 0 spiro atoms. The predicted molar refractivity (Wildman–Crippen MR) is 127 cm³/mol. The highest BCUT2D eigenvalue weighted by Gasteiger charge is 2.13. The Morgan fingerprint density at radius 2 is 1.82 bits per heavy atom. The van der Waals surface area contributed by atoms with Crippen molar-refractivity contribution in [1.82, 2.24) is 10.7 Å². The number of aryl methyl sites for hydroxylation is 1. The Labute approximate surface area is 193 Å². The fraction of sp³-hybridized carbons (Fsp3) is 0.333. The lowest BCUT2D eigenvalue weighted by Crippen LogP contribution is -2.39. The summed E-state index contributed by atoms with van der Waals surface area (Å²) in [6.07, 6.45) is 1.37. The fourth-order valence-corrected chi connectivity index (χ4v) is 2.69. The molecule has 176 valence electrons. The highest BCUT2D eigenvalue weighted by molar-refractivity contribution is 6.35. The number of nitrogens with zero attached hydrogens (tertiary/aromatic N) is 1. The third kappa shape index (κ3) is 7.95. The summed E-state index contributed by atoms with van der Waals surface area (Å²) in [5, 5.41) is 9.13. The highest BCUT2D eigenvalue weighted by atomic mass is 16.5. The fourth-order valence-electron chi connectivity index (χ4n) is 2.69. The number of anilines is 1. The van der Waals surface area contributed by atoms with Crippen LogP contribution in [-0.4, -0.2) is 44.2 Å². The molecule has 9 nitrogen and oxygen atoms in total. The molecule has 33 heavy (non-hydrogen) atoms. The van der Waals surface area contributed by atoms with Gasteiger partial charge < -0.3 is 20.1 Å². The molecule has 0 aromatic heterocycles. The Hall–Kier alpha value is -3.88. The van der Waals surface area contributed by atoms with Crippen molar-refractivity contribution < 1.29 is 23.9 Å². The van der Waals surface area contributed by atoms with E-state index in [1.54, 1.807) is 18.2 Å². The summed E-state index contributed by atoms with van der Waals surface area (Å²) < 4.78 is 10.9. The van der Waals surface area contributed by atoms with Crippen LogP contribution < -0.4 is 25.5 Å². The maximum absolute atomic E-state index is 12.3. The van der Waals surface area contributed by atoms with E-state index in [4.69, 9.17) is 9.47 Å². The molecular formula is C24H30N4O5. The average molecular weight is 455 g/mol. The van der Waals surface area contributed by atoms with Crippen LogP contribution in [-0.2, 0) is 14.4 Å². The summed E-state index contributed by atoms with van der Waals surface area (Å²) in [4.78, 5) is 35.7. The lowest BCUT2D eigenvalue weighted by molar-refractivity contribution is -0.139. The first-order valence-electron chi connectivity index (χ1n) is 10.5. The number of methoxy groups -OCH3 is 1. The molecule has 0 heterocycles. The van der Waals surface area contributed by atoms with Crippen LogP contribution in [0.25, 0.3) is 0 Å². The molecule has 0 saturated heterocycles. The first kappa shape index (κ1) is 25.4. The summed E-state index contributed by atoms with van der Waals surface area (Å²) in [5.41, 5.74) is 5.59. The summed E-state index contributed by atoms with van der Waals surface area (Å²) in [7, 11) is 1.47. The normalized spacial score (nSPS) is 10.7. The van der Waals surface area contributed by atoms with Gasteiger partial charge in [0.15, 0.2) is 18.1 Å². The van der Waals surface area contributed by atoms with Crippen molar-refractivity contribution in [3.8, 4) is 11.5 Å². The molecule has 0 saturated carbocycles. The van der Waals surface area contributed by atoms with Crippen molar-refractivity contribution in [2.24, 2.45) is 11.0 Å². The molecule has 9 heteroatoms. The van der Waals surface area contributed by atoms with Gasteiger partial charge in [-0.3, -0.25) is 14.4 Å². The summed E-state index contributed by atoms with van der Waals surface area (Å²) >= 11 is 0. The van der Waals surface area contributed by atoms with Gasteiger partial charge >= 0.3 is 11.8 Å². The Balaban J connectivity index is 1.92. The molecule has 0 radical (unpaired) electrons. The van der Waals surface area contributed by atoms with Crippen molar-refractivity contribution in [3.63, 3.8) is 0 Å². The third-order valence-electron chi connectivity index (χ3n) is 4.68. The molecule has 0 fully saturated rings. The lowest BCUT2D eigenvalue weighted by atomic mass is 10.1. The predicted octanol–water partition coefficient (Wildman–Crippen LogP) is 2.55. The first-order chi connectivity index (χ1) is 15.7. The second kappa shape index (κ2) is 12.2. The van der Waals surface area contributed by atoms with Crippen molar-refractivity contribution in [2.75, 3.05) is 25.6 Å². The number of rotatable bonds is 9. The molecule has 0 unspecified atom stereocenters. The molecule has 2 aromatic rings. The monoisotopic (exact) mass is 454 g/mol. The Bertz CT molecular complexity index is 1030. The molecule has 0 atom stereocenters. The van der Waals surface area contributed by atoms with E-state index in [0.717, 1.165) is 16.8 Å². The number of hydrazone groups is 1. The minimum atomic E-state index is -0.853. The van der Waals surface area contributed by atoms with Crippen LogP contribution >= 0.6 is 0 Å². The van der Waals surface area contributed by atoms with Crippen LogP contribution in [0.3, 0.4) is 0 Å². The number of nitrogens with one attached hydrogen (secondary N) is 3. The number of amides is 3. The molecule has 0 aliphatic heterocycles. The van der Waals surface area contributed by atoms with Gasteiger partial charge in [-0.25, -0.2) is 5.43 Å². The molecular weight excluding hydrogens is 424 g/mol. The molecule has 3 N–H and O–H groups in total. The van der Waals surface area contributed by atoms with E-state index < -0.39 is 11.8 Å². The Kier molecular flexibility index (Phi) is 9.41. The first-order valence-corrected chi connectivity index (χ1v) is 10.5. The number of ether oxygens (including phenoxy) is 2. The average Bonchev–Trinajstić information content (AvgIpc) is 2.79. The molecule has 0 bridgehead atoms. The van der Waals surface area contributed by atoms with Gasteiger partial charge in [0.1, 0.15) is 0 Å². The van der Waals surface area contributed by atoms with E-state index in [-0.39, 0.29) is 18.4 Å². The van der Waals surface area contributed by atoms with E-state index >= 15 is 0 Å². The number of hydrogen-bond donors (Lipinski definition) is 3. The Morgan fingerprint density at radius 3 is 2.52 bits per heavy atom. The zero-order valence-corrected chi connectivity index (χ0v) is 19.5. The number of benzene rings is 2. The summed E-state index contributed by atoms with van der Waals surface area (Å²) in [5.74, 6) is -0.900. The van der Waals surface area contributed by atoms with E-state index in [0.29, 0.717) is 23.6 Å². The van der Waals surface area contributed by atoms with Gasteiger partial charge in [0, 0.05) is 12.2 Å². The topological polar surface area (TPSA) is 118 Å². The minimum Gasteiger partial charge on any atom is -0.493 e. The summed E-state index contributed by atoms with van der Waals surface area (Å²) in [6.45, 7) is 7.97.